The van der Waals surface area contributed by atoms with Crippen molar-refractivity contribution in [3.8, 4) is 0 Å². The molecule has 1 aromatic rings. The topological polar surface area (TPSA) is 29.9 Å². The summed E-state index contributed by atoms with van der Waals surface area (Å²) in [6.45, 7) is 9.40. The van der Waals surface area contributed by atoms with Crippen molar-refractivity contribution >= 4 is 11.6 Å². The van der Waals surface area contributed by atoms with Gasteiger partial charge in [0, 0.05) is 12.7 Å². The molecular weight excluding hydrogens is 210 g/mol. The van der Waals surface area contributed by atoms with E-state index in [9.17, 15) is 0 Å². The van der Waals surface area contributed by atoms with Crippen LogP contribution in [-0.4, -0.2) is 22.9 Å². The Morgan fingerprint density at radius 3 is 2.80 bits per heavy atom. The van der Waals surface area contributed by atoms with Crippen LogP contribution in [-0.2, 0) is 6.54 Å². The van der Waals surface area contributed by atoms with Crippen molar-refractivity contribution in [3.63, 3.8) is 0 Å². The number of nitrogens with zero attached hydrogens (tertiary/aromatic N) is 2. The first-order chi connectivity index (χ1) is 7.09. The second kappa shape index (κ2) is 6.13. The van der Waals surface area contributed by atoms with Gasteiger partial charge < -0.3 is 5.32 Å². The zero-order valence-electron chi connectivity index (χ0n) is 9.76. The Labute approximate surface area is 96.8 Å². The second-order valence-corrected chi connectivity index (χ2v) is 4.68. The lowest BCUT2D eigenvalue weighted by atomic mass is 10.2. The van der Waals surface area contributed by atoms with E-state index in [0.29, 0.717) is 5.92 Å². The van der Waals surface area contributed by atoms with E-state index < -0.39 is 0 Å². The average molecular weight is 230 g/mol. The molecule has 0 bridgehead atoms. The molecule has 0 radical (unpaired) electrons. The lowest BCUT2D eigenvalue weighted by Crippen LogP contribution is -2.21. The number of hydrogen-bond donors (Lipinski definition) is 1. The molecule has 1 N–H and O–H groups in total. The Kier molecular flexibility index (Phi) is 5.12. The summed E-state index contributed by atoms with van der Waals surface area (Å²) < 4.78 is 1.91. The molecule has 0 fully saturated rings. The summed E-state index contributed by atoms with van der Waals surface area (Å²) in [5.74, 6) is 0.714. The Balaban J connectivity index is 2.15. The van der Waals surface area contributed by atoms with Crippen LogP contribution < -0.4 is 5.32 Å². The molecule has 4 heteroatoms. The molecule has 0 saturated carbocycles. The van der Waals surface area contributed by atoms with Gasteiger partial charge in [-0.1, -0.05) is 25.4 Å². The van der Waals surface area contributed by atoms with Crippen molar-refractivity contribution in [2.45, 2.75) is 33.7 Å². The Hall–Kier alpha value is -0.540. The highest BCUT2D eigenvalue weighted by Crippen LogP contribution is 2.11. The molecular formula is C11H20ClN3. The van der Waals surface area contributed by atoms with Crippen molar-refractivity contribution in [3.05, 3.63) is 16.9 Å². The maximum Gasteiger partial charge on any atom is 0.0814 e. The minimum absolute atomic E-state index is 0.714. The minimum Gasteiger partial charge on any atom is -0.316 e. The van der Waals surface area contributed by atoms with Crippen LogP contribution >= 0.6 is 11.6 Å². The summed E-state index contributed by atoms with van der Waals surface area (Å²) in [6, 6.07) is 0. The van der Waals surface area contributed by atoms with Gasteiger partial charge in [0.05, 0.1) is 10.7 Å². The normalized spacial score (nSPS) is 11.3. The van der Waals surface area contributed by atoms with Gasteiger partial charge >= 0.3 is 0 Å². The summed E-state index contributed by atoms with van der Waals surface area (Å²) in [4.78, 5) is 0. The number of aryl methyl sites for hydroxylation is 2. The fourth-order valence-corrected chi connectivity index (χ4v) is 1.52. The largest absolute Gasteiger partial charge is 0.316 e. The molecule has 0 aliphatic carbocycles. The van der Waals surface area contributed by atoms with Crippen LogP contribution in [0.2, 0.25) is 5.02 Å². The van der Waals surface area contributed by atoms with E-state index in [-0.39, 0.29) is 0 Å². The third-order valence-electron chi connectivity index (χ3n) is 2.18. The van der Waals surface area contributed by atoms with Gasteiger partial charge in [-0.25, -0.2) is 0 Å². The van der Waals surface area contributed by atoms with E-state index in [1.807, 2.05) is 17.8 Å². The summed E-state index contributed by atoms with van der Waals surface area (Å²) in [5.41, 5.74) is 0.909. The zero-order valence-corrected chi connectivity index (χ0v) is 10.5. The standard InChI is InChI=1S/C11H20ClN3/c1-9(2)7-13-5-4-6-15-8-11(12)10(3)14-15/h8-9,13H,4-7H2,1-3H3. The predicted molar refractivity (Wildman–Crippen MR) is 64.3 cm³/mol. The number of halogens is 1. The Morgan fingerprint density at radius 2 is 2.27 bits per heavy atom. The molecule has 86 valence electrons. The number of aromatic nitrogens is 2. The molecule has 0 aliphatic rings. The van der Waals surface area contributed by atoms with Gasteiger partial charge in [-0.3, -0.25) is 4.68 Å². The van der Waals surface area contributed by atoms with Crippen molar-refractivity contribution in [2.24, 2.45) is 5.92 Å². The summed E-state index contributed by atoms with van der Waals surface area (Å²) >= 11 is 5.91. The fraction of sp³-hybridized carbons (Fsp3) is 0.727. The molecule has 0 amide bonds. The average Bonchev–Trinajstić information content (AvgIpc) is 2.45. The van der Waals surface area contributed by atoms with E-state index in [1.54, 1.807) is 0 Å². The van der Waals surface area contributed by atoms with Gasteiger partial charge in [0.1, 0.15) is 0 Å². The molecule has 0 aromatic carbocycles. The van der Waals surface area contributed by atoms with E-state index in [4.69, 9.17) is 11.6 Å². The van der Waals surface area contributed by atoms with E-state index in [2.05, 4.69) is 24.3 Å². The Bertz CT molecular complexity index is 275. The van der Waals surface area contributed by atoms with Gasteiger partial charge in [0.15, 0.2) is 0 Å². The summed E-state index contributed by atoms with van der Waals surface area (Å²) in [7, 11) is 0. The van der Waals surface area contributed by atoms with Crippen LogP contribution in [0.3, 0.4) is 0 Å². The van der Waals surface area contributed by atoms with Crippen LogP contribution in [0.25, 0.3) is 0 Å². The van der Waals surface area contributed by atoms with Gasteiger partial charge in [-0.05, 0) is 32.4 Å². The third-order valence-corrected chi connectivity index (χ3v) is 2.55. The maximum atomic E-state index is 5.91. The smallest absolute Gasteiger partial charge is 0.0814 e. The van der Waals surface area contributed by atoms with Gasteiger partial charge in [-0.2, -0.15) is 5.10 Å². The lowest BCUT2D eigenvalue weighted by Gasteiger charge is -2.06. The van der Waals surface area contributed by atoms with E-state index >= 15 is 0 Å². The molecule has 1 rings (SSSR count). The quantitative estimate of drug-likeness (QED) is 0.760. The maximum absolute atomic E-state index is 5.91. The number of nitrogens with one attached hydrogen (secondary N) is 1. The first-order valence-electron chi connectivity index (χ1n) is 5.50. The van der Waals surface area contributed by atoms with Crippen molar-refractivity contribution in [1.29, 1.82) is 0 Å². The summed E-state index contributed by atoms with van der Waals surface area (Å²) in [5, 5.41) is 8.46. The van der Waals surface area contributed by atoms with Crippen molar-refractivity contribution in [2.75, 3.05) is 13.1 Å². The van der Waals surface area contributed by atoms with Crippen LogP contribution in [0.5, 0.6) is 0 Å². The van der Waals surface area contributed by atoms with Gasteiger partial charge in [0.2, 0.25) is 0 Å². The van der Waals surface area contributed by atoms with Gasteiger partial charge in [0.25, 0.3) is 0 Å². The molecule has 15 heavy (non-hydrogen) atoms. The monoisotopic (exact) mass is 229 g/mol. The molecule has 1 heterocycles. The zero-order chi connectivity index (χ0) is 11.3. The molecule has 0 unspecified atom stereocenters. The molecule has 0 aliphatic heterocycles. The number of hydrogen-bond acceptors (Lipinski definition) is 2. The Morgan fingerprint density at radius 1 is 1.53 bits per heavy atom. The molecule has 3 nitrogen and oxygen atoms in total. The van der Waals surface area contributed by atoms with Crippen LogP contribution in [0.15, 0.2) is 6.20 Å². The highest BCUT2D eigenvalue weighted by atomic mass is 35.5. The molecule has 0 saturated heterocycles. The molecule has 1 aromatic heterocycles. The second-order valence-electron chi connectivity index (χ2n) is 4.28. The third kappa shape index (κ3) is 4.67. The van der Waals surface area contributed by atoms with Crippen LogP contribution in [0, 0.1) is 12.8 Å². The van der Waals surface area contributed by atoms with Crippen LogP contribution in [0.1, 0.15) is 26.0 Å². The van der Waals surface area contributed by atoms with E-state index in [1.165, 1.54) is 0 Å². The summed E-state index contributed by atoms with van der Waals surface area (Å²) in [6.07, 6.45) is 2.98. The van der Waals surface area contributed by atoms with Gasteiger partial charge in [-0.15, -0.1) is 0 Å². The van der Waals surface area contributed by atoms with Crippen LogP contribution in [0.4, 0.5) is 0 Å². The highest BCUT2D eigenvalue weighted by Gasteiger charge is 2.00. The molecule has 0 spiro atoms. The number of rotatable bonds is 6. The predicted octanol–water partition coefficient (Wildman–Crippen LogP) is 2.48. The minimum atomic E-state index is 0.714. The highest BCUT2D eigenvalue weighted by molar-refractivity contribution is 6.31. The fourth-order valence-electron chi connectivity index (χ4n) is 1.36. The van der Waals surface area contributed by atoms with Crippen molar-refractivity contribution in [1.82, 2.24) is 15.1 Å². The lowest BCUT2D eigenvalue weighted by molar-refractivity contribution is 0.505. The first-order valence-corrected chi connectivity index (χ1v) is 5.87. The van der Waals surface area contributed by atoms with Crippen molar-refractivity contribution < 1.29 is 0 Å². The SMILES string of the molecule is Cc1nn(CCCNCC(C)C)cc1Cl. The van der Waals surface area contributed by atoms with E-state index in [0.717, 1.165) is 36.8 Å². The molecule has 0 atom stereocenters. The first kappa shape index (κ1) is 12.5.